The van der Waals surface area contributed by atoms with Crippen LogP contribution in [0.2, 0.25) is 5.02 Å². The molecule has 1 unspecified atom stereocenters. The highest BCUT2D eigenvalue weighted by molar-refractivity contribution is 6.34. The maximum atomic E-state index is 13.1. The highest BCUT2D eigenvalue weighted by atomic mass is 35.5. The van der Waals surface area contributed by atoms with Gasteiger partial charge in [0.1, 0.15) is 11.3 Å². The molecule has 0 saturated heterocycles. The Morgan fingerprint density at radius 1 is 1.53 bits per heavy atom. The lowest BCUT2D eigenvalue weighted by molar-refractivity contribution is 0.503. The Morgan fingerprint density at radius 2 is 2.29 bits per heavy atom. The van der Waals surface area contributed by atoms with Crippen LogP contribution in [0.15, 0.2) is 16.5 Å². The van der Waals surface area contributed by atoms with Crippen molar-refractivity contribution >= 4 is 22.7 Å². The maximum absolute atomic E-state index is 13.1. The molecule has 2 aromatic rings. The first-order chi connectivity index (χ1) is 8.06. The molecule has 17 heavy (non-hydrogen) atoms. The molecule has 0 radical (unpaired) electrons. The predicted molar refractivity (Wildman–Crippen MR) is 65.6 cm³/mol. The molecule has 2 rings (SSSR count). The number of aryl methyl sites for hydroxylation is 1. The molecule has 0 saturated carbocycles. The summed E-state index contributed by atoms with van der Waals surface area (Å²) >= 11 is 5.87. The number of benzene rings is 1. The number of fused-ring (bicyclic) bond motifs is 1. The van der Waals surface area contributed by atoms with Crippen molar-refractivity contribution in [2.75, 3.05) is 0 Å². The van der Waals surface area contributed by atoms with Crippen molar-refractivity contribution in [3.05, 3.63) is 28.9 Å². The van der Waals surface area contributed by atoms with Crippen molar-refractivity contribution in [1.82, 2.24) is 4.98 Å². The highest BCUT2D eigenvalue weighted by Crippen LogP contribution is 2.26. The molecule has 0 spiro atoms. The van der Waals surface area contributed by atoms with Gasteiger partial charge in [0.05, 0.1) is 5.02 Å². The summed E-state index contributed by atoms with van der Waals surface area (Å²) in [5.74, 6) is 0.172. The highest BCUT2D eigenvalue weighted by Gasteiger charge is 2.11. The SMILES string of the molecule is CC(N)CCCc1nc2cc(F)cc(Cl)c2o1. The van der Waals surface area contributed by atoms with Crippen molar-refractivity contribution < 1.29 is 8.81 Å². The Morgan fingerprint density at radius 3 is 3.00 bits per heavy atom. The van der Waals surface area contributed by atoms with E-state index in [4.69, 9.17) is 21.8 Å². The van der Waals surface area contributed by atoms with Crippen LogP contribution in [0.5, 0.6) is 0 Å². The van der Waals surface area contributed by atoms with E-state index in [2.05, 4.69) is 4.98 Å². The minimum Gasteiger partial charge on any atom is -0.439 e. The van der Waals surface area contributed by atoms with E-state index in [1.54, 1.807) is 0 Å². The van der Waals surface area contributed by atoms with Crippen LogP contribution in [0.4, 0.5) is 4.39 Å². The van der Waals surface area contributed by atoms with Crippen LogP contribution >= 0.6 is 11.6 Å². The minimum absolute atomic E-state index is 0.167. The summed E-state index contributed by atoms with van der Waals surface area (Å²) in [7, 11) is 0. The van der Waals surface area contributed by atoms with Crippen LogP contribution in [0, 0.1) is 5.82 Å². The van der Waals surface area contributed by atoms with Gasteiger partial charge in [0.15, 0.2) is 11.5 Å². The first kappa shape index (κ1) is 12.3. The first-order valence-electron chi connectivity index (χ1n) is 5.56. The van der Waals surface area contributed by atoms with E-state index in [1.807, 2.05) is 6.92 Å². The third kappa shape index (κ3) is 2.96. The Labute approximate surface area is 104 Å². The molecule has 0 aliphatic carbocycles. The van der Waals surface area contributed by atoms with E-state index in [-0.39, 0.29) is 11.1 Å². The topological polar surface area (TPSA) is 52.0 Å². The minimum atomic E-state index is -0.405. The third-order valence-electron chi connectivity index (χ3n) is 2.50. The summed E-state index contributed by atoms with van der Waals surface area (Å²) in [5, 5.41) is 0.256. The van der Waals surface area contributed by atoms with Gasteiger partial charge in [-0.05, 0) is 25.8 Å². The standard InChI is InChI=1S/C12H14ClFN2O/c1-7(15)3-2-4-11-16-10-6-8(14)5-9(13)12(10)17-11/h5-7H,2-4,15H2,1H3. The molecule has 3 nitrogen and oxygen atoms in total. The quantitative estimate of drug-likeness (QED) is 0.913. The van der Waals surface area contributed by atoms with Crippen LogP contribution in [-0.2, 0) is 6.42 Å². The molecule has 92 valence electrons. The summed E-state index contributed by atoms with van der Waals surface area (Å²) < 4.78 is 18.6. The zero-order valence-corrected chi connectivity index (χ0v) is 10.3. The van der Waals surface area contributed by atoms with Crippen LogP contribution in [-0.4, -0.2) is 11.0 Å². The van der Waals surface area contributed by atoms with Crippen LogP contribution in [0.3, 0.4) is 0 Å². The summed E-state index contributed by atoms with van der Waals surface area (Å²) in [4.78, 5) is 4.20. The monoisotopic (exact) mass is 256 g/mol. The van der Waals surface area contributed by atoms with Crippen molar-refractivity contribution in [2.45, 2.75) is 32.2 Å². The average molecular weight is 257 g/mol. The molecule has 0 amide bonds. The second-order valence-electron chi connectivity index (χ2n) is 4.21. The lowest BCUT2D eigenvalue weighted by Crippen LogP contribution is -2.14. The number of halogens is 2. The molecular formula is C12H14ClFN2O. The normalized spacial score (nSPS) is 13.2. The smallest absolute Gasteiger partial charge is 0.195 e. The number of nitrogens with two attached hydrogens (primary N) is 1. The molecule has 2 N–H and O–H groups in total. The summed E-state index contributed by atoms with van der Waals surface area (Å²) in [5.41, 5.74) is 6.57. The Hall–Kier alpha value is -1.13. The van der Waals surface area contributed by atoms with Crippen LogP contribution < -0.4 is 5.73 Å². The second-order valence-corrected chi connectivity index (χ2v) is 4.62. The van der Waals surface area contributed by atoms with E-state index >= 15 is 0 Å². The number of nitrogens with zero attached hydrogens (tertiary/aromatic N) is 1. The summed E-state index contributed by atoms with van der Waals surface area (Å²) in [6, 6.07) is 2.71. The molecule has 0 fully saturated rings. The fraction of sp³-hybridized carbons (Fsp3) is 0.417. The van der Waals surface area contributed by atoms with Gasteiger partial charge >= 0.3 is 0 Å². The molecule has 5 heteroatoms. The van der Waals surface area contributed by atoms with Crippen molar-refractivity contribution in [1.29, 1.82) is 0 Å². The molecular weight excluding hydrogens is 243 g/mol. The number of hydrogen-bond acceptors (Lipinski definition) is 3. The number of aromatic nitrogens is 1. The Bertz CT molecular complexity index is 524. The number of oxazole rings is 1. The van der Waals surface area contributed by atoms with Gasteiger partial charge < -0.3 is 10.2 Å². The lowest BCUT2D eigenvalue weighted by atomic mass is 10.1. The maximum Gasteiger partial charge on any atom is 0.195 e. The molecule has 1 aromatic heterocycles. The first-order valence-corrected chi connectivity index (χ1v) is 5.94. The van der Waals surface area contributed by atoms with E-state index in [9.17, 15) is 4.39 Å². The molecule has 1 aromatic carbocycles. The van der Waals surface area contributed by atoms with Crippen molar-refractivity contribution in [3.63, 3.8) is 0 Å². The fourth-order valence-electron chi connectivity index (χ4n) is 1.69. The Kier molecular flexibility index (Phi) is 3.64. The zero-order valence-electron chi connectivity index (χ0n) is 9.54. The summed E-state index contributed by atoms with van der Waals surface area (Å²) in [6.45, 7) is 1.96. The van der Waals surface area contributed by atoms with Crippen molar-refractivity contribution in [2.24, 2.45) is 5.73 Å². The largest absolute Gasteiger partial charge is 0.439 e. The average Bonchev–Trinajstić information content (AvgIpc) is 2.60. The van der Waals surface area contributed by atoms with Crippen molar-refractivity contribution in [3.8, 4) is 0 Å². The Balaban J connectivity index is 2.17. The van der Waals surface area contributed by atoms with Gasteiger partial charge in [-0.3, -0.25) is 0 Å². The van der Waals surface area contributed by atoms with Gasteiger partial charge in [-0.15, -0.1) is 0 Å². The van der Waals surface area contributed by atoms with E-state index in [1.165, 1.54) is 12.1 Å². The molecule has 1 heterocycles. The van der Waals surface area contributed by atoms with Gasteiger partial charge in [0, 0.05) is 18.5 Å². The number of hydrogen-bond donors (Lipinski definition) is 1. The van der Waals surface area contributed by atoms with E-state index in [0.29, 0.717) is 23.4 Å². The zero-order chi connectivity index (χ0) is 12.4. The van der Waals surface area contributed by atoms with Crippen LogP contribution in [0.1, 0.15) is 25.7 Å². The molecule has 0 bridgehead atoms. The van der Waals surface area contributed by atoms with E-state index < -0.39 is 5.82 Å². The van der Waals surface area contributed by atoms with Crippen LogP contribution in [0.25, 0.3) is 11.1 Å². The molecule has 1 atom stereocenters. The fourth-order valence-corrected chi connectivity index (χ4v) is 1.93. The third-order valence-corrected chi connectivity index (χ3v) is 2.78. The van der Waals surface area contributed by atoms with E-state index in [0.717, 1.165) is 12.8 Å². The van der Waals surface area contributed by atoms with Gasteiger partial charge in [-0.1, -0.05) is 11.6 Å². The van der Waals surface area contributed by atoms with Gasteiger partial charge in [-0.25, -0.2) is 9.37 Å². The predicted octanol–water partition coefficient (Wildman–Crippen LogP) is 3.29. The van der Waals surface area contributed by atoms with Gasteiger partial charge in [0.25, 0.3) is 0 Å². The van der Waals surface area contributed by atoms with Gasteiger partial charge in [-0.2, -0.15) is 0 Å². The lowest BCUT2D eigenvalue weighted by Gasteiger charge is -2.01. The number of rotatable bonds is 4. The molecule has 0 aliphatic rings. The second kappa shape index (κ2) is 5.02. The van der Waals surface area contributed by atoms with Gasteiger partial charge in [0.2, 0.25) is 0 Å². The molecule has 0 aliphatic heterocycles. The summed E-state index contributed by atoms with van der Waals surface area (Å²) in [6.07, 6.45) is 2.49.